The van der Waals surface area contributed by atoms with E-state index in [1.165, 1.54) is 25.7 Å². The minimum Gasteiger partial charge on any atom is -0.496 e. The number of carbonyl (C=O) groups is 1. The molecule has 0 atom stereocenters. The molecule has 4 nitrogen and oxygen atoms in total. The molecule has 0 aromatic heterocycles. The first kappa shape index (κ1) is 20.8. The number of rotatable bonds is 13. The van der Waals surface area contributed by atoms with Crippen LogP contribution < -0.4 is 15.8 Å². The van der Waals surface area contributed by atoms with Crippen molar-refractivity contribution >= 4 is 17.7 Å². The zero-order valence-electron chi connectivity index (χ0n) is 15.1. The number of carbonyl (C=O) groups excluding carboxylic acids is 1. The highest BCUT2D eigenvalue weighted by Crippen LogP contribution is 2.29. The van der Waals surface area contributed by atoms with Gasteiger partial charge in [0.2, 0.25) is 5.91 Å². The SMILES string of the molecule is CCCCCCCCC(=O)NCc1ccc(SCCN)c(OC)c1. The summed E-state index contributed by atoms with van der Waals surface area (Å²) in [5.74, 6) is 1.84. The number of ether oxygens (including phenoxy) is 1. The monoisotopic (exact) mass is 352 g/mol. The van der Waals surface area contributed by atoms with Gasteiger partial charge in [-0.25, -0.2) is 0 Å². The maximum atomic E-state index is 11.9. The molecule has 5 heteroatoms. The lowest BCUT2D eigenvalue weighted by Gasteiger charge is -2.11. The molecule has 0 saturated heterocycles. The molecule has 0 aliphatic rings. The van der Waals surface area contributed by atoms with Crippen LogP contribution in [0.2, 0.25) is 0 Å². The minimum atomic E-state index is 0.131. The number of unbranched alkanes of at least 4 members (excludes halogenated alkanes) is 5. The van der Waals surface area contributed by atoms with E-state index < -0.39 is 0 Å². The summed E-state index contributed by atoms with van der Waals surface area (Å²) >= 11 is 1.69. The highest BCUT2D eigenvalue weighted by Gasteiger charge is 2.06. The van der Waals surface area contributed by atoms with E-state index in [4.69, 9.17) is 10.5 Å². The molecular weight excluding hydrogens is 320 g/mol. The molecule has 0 saturated carbocycles. The van der Waals surface area contributed by atoms with Gasteiger partial charge < -0.3 is 15.8 Å². The Morgan fingerprint density at radius 2 is 1.96 bits per heavy atom. The van der Waals surface area contributed by atoms with E-state index in [-0.39, 0.29) is 5.91 Å². The van der Waals surface area contributed by atoms with Gasteiger partial charge in [-0.3, -0.25) is 4.79 Å². The Bertz CT molecular complexity index is 480. The molecule has 0 fully saturated rings. The number of nitrogens with two attached hydrogens (primary N) is 1. The van der Waals surface area contributed by atoms with Crippen molar-refractivity contribution in [3.8, 4) is 5.75 Å². The van der Waals surface area contributed by atoms with Crippen molar-refractivity contribution in [3.05, 3.63) is 23.8 Å². The fourth-order valence-electron chi connectivity index (χ4n) is 2.47. The second-order valence-electron chi connectivity index (χ2n) is 5.92. The third kappa shape index (κ3) is 8.60. The zero-order valence-corrected chi connectivity index (χ0v) is 15.9. The summed E-state index contributed by atoms with van der Waals surface area (Å²) in [5.41, 5.74) is 6.60. The lowest BCUT2D eigenvalue weighted by Crippen LogP contribution is -2.22. The lowest BCUT2D eigenvalue weighted by atomic mass is 10.1. The summed E-state index contributed by atoms with van der Waals surface area (Å²) in [7, 11) is 1.67. The van der Waals surface area contributed by atoms with Crippen molar-refractivity contribution in [3.63, 3.8) is 0 Å². The van der Waals surface area contributed by atoms with Crippen molar-refractivity contribution in [1.82, 2.24) is 5.32 Å². The Morgan fingerprint density at radius 1 is 1.21 bits per heavy atom. The number of amides is 1. The van der Waals surface area contributed by atoms with Gasteiger partial charge in [0, 0.05) is 30.2 Å². The molecule has 0 bridgehead atoms. The third-order valence-electron chi connectivity index (χ3n) is 3.85. The van der Waals surface area contributed by atoms with Crippen LogP contribution >= 0.6 is 11.8 Å². The quantitative estimate of drug-likeness (QED) is 0.414. The van der Waals surface area contributed by atoms with Crippen LogP contribution in [0.1, 0.15) is 57.4 Å². The predicted octanol–water partition coefficient (Wildman–Crippen LogP) is 4.11. The molecule has 0 heterocycles. The van der Waals surface area contributed by atoms with E-state index in [2.05, 4.69) is 12.2 Å². The van der Waals surface area contributed by atoms with Gasteiger partial charge in [0.25, 0.3) is 0 Å². The van der Waals surface area contributed by atoms with Crippen LogP contribution in [-0.4, -0.2) is 25.3 Å². The summed E-state index contributed by atoms with van der Waals surface area (Å²) in [5, 5.41) is 2.99. The second-order valence-corrected chi connectivity index (χ2v) is 7.05. The van der Waals surface area contributed by atoms with E-state index in [9.17, 15) is 4.79 Å². The van der Waals surface area contributed by atoms with Crippen molar-refractivity contribution in [2.24, 2.45) is 5.73 Å². The zero-order chi connectivity index (χ0) is 17.6. The van der Waals surface area contributed by atoms with E-state index in [0.29, 0.717) is 19.5 Å². The van der Waals surface area contributed by atoms with E-state index in [1.807, 2.05) is 18.2 Å². The van der Waals surface area contributed by atoms with Crippen LogP contribution in [0.25, 0.3) is 0 Å². The maximum absolute atomic E-state index is 11.9. The molecule has 1 rings (SSSR count). The average molecular weight is 353 g/mol. The van der Waals surface area contributed by atoms with Crippen LogP contribution in [0, 0.1) is 0 Å². The van der Waals surface area contributed by atoms with Crippen LogP contribution in [0.4, 0.5) is 0 Å². The molecule has 1 amide bonds. The van der Waals surface area contributed by atoms with Crippen LogP contribution in [0.3, 0.4) is 0 Å². The number of nitrogens with one attached hydrogen (secondary N) is 1. The smallest absolute Gasteiger partial charge is 0.220 e. The van der Waals surface area contributed by atoms with Crippen molar-refractivity contribution < 1.29 is 9.53 Å². The summed E-state index contributed by atoms with van der Waals surface area (Å²) in [6.07, 6.45) is 7.82. The van der Waals surface area contributed by atoms with Crippen LogP contribution in [0.5, 0.6) is 5.75 Å². The van der Waals surface area contributed by atoms with Crippen molar-refractivity contribution in [1.29, 1.82) is 0 Å². The van der Waals surface area contributed by atoms with Gasteiger partial charge in [0.05, 0.1) is 7.11 Å². The largest absolute Gasteiger partial charge is 0.496 e. The van der Waals surface area contributed by atoms with Gasteiger partial charge in [-0.05, 0) is 24.1 Å². The van der Waals surface area contributed by atoms with Gasteiger partial charge in [-0.15, -0.1) is 11.8 Å². The first-order valence-corrected chi connectivity index (χ1v) is 9.96. The topological polar surface area (TPSA) is 64.4 Å². The Morgan fingerprint density at radius 3 is 2.67 bits per heavy atom. The fraction of sp³-hybridized carbons (Fsp3) is 0.632. The highest BCUT2D eigenvalue weighted by atomic mass is 32.2. The summed E-state index contributed by atoms with van der Waals surface area (Å²) in [6, 6.07) is 6.06. The first-order valence-electron chi connectivity index (χ1n) is 8.97. The first-order chi connectivity index (χ1) is 11.7. The Kier molecular flexibility index (Phi) is 11.4. The molecule has 0 aliphatic carbocycles. The summed E-state index contributed by atoms with van der Waals surface area (Å²) < 4.78 is 5.43. The van der Waals surface area contributed by atoms with Crippen LogP contribution in [-0.2, 0) is 11.3 Å². The normalized spacial score (nSPS) is 10.6. The number of benzene rings is 1. The molecule has 1 aromatic carbocycles. The van der Waals surface area contributed by atoms with Gasteiger partial charge in [-0.1, -0.05) is 45.1 Å². The van der Waals surface area contributed by atoms with Gasteiger partial charge in [0.15, 0.2) is 0 Å². The maximum Gasteiger partial charge on any atom is 0.220 e. The fourth-order valence-corrected chi connectivity index (χ4v) is 3.25. The number of methoxy groups -OCH3 is 1. The standard InChI is InChI=1S/C19H32N2O2S/c1-3-4-5-6-7-8-9-19(22)21-15-16-10-11-18(24-13-12-20)17(14-16)23-2/h10-11,14H,3-9,12-13,15,20H2,1-2H3,(H,21,22). The predicted molar refractivity (Wildman–Crippen MR) is 103 cm³/mol. The van der Waals surface area contributed by atoms with Gasteiger partial charge in [0.1, 0.15) is 5.75 Å². The molecule has 136 valence electrons. The Balaban J connectivity index is 2.31. The number of thioether (sulfide) groups is 1. The highest BCUT2D eigenvalue weighted by molar-refractivity contribution is 7.99. The third-order valence-corrected chi connectivity index (χ3v) is 4.94. The van der Waals surface area contributed by atoms with Gasteiger partial charge in [-0.2, -0.15) is 0 Å². The molecular formula is C19H32N2O2S. The van der Waals surface area contributed by atoms with Crippen molar-refractivity contribution in [2.45, 2.75) is 63.3 Å². The molecule has 0 spiro atoms. The Labute approximate surface area is 150 Å². The van der Waals surface area contributed by atoms with Gasteiger partial charge >= 0.3 is 0 Å². The number of hydrogen-bond acceptors (Lipinski definition) is 4. The molecule has 0 radical (unpaired) electrons. The van der Waals surface area contributed by atoms with E-state index >= 15 is 0 Å². The molecule has 0 unspecified atom stereocenters. The minimum absolute atomic E-state index is 0.131. The van der Waals surface area contributed by atoms with Crippen molar-refractivity contribution in [2.75, 3.05) is 19.4 Å². The molecule has 1 aromatic rings. The van der Waals surface area contributed by atoms with E-state index in [0.717, 1.165) is 34.8 Å². The summed E-state index contributed by atoms with van der Waals surface area (Å²) in [6.45, 7) is 3.41. The molecule has 0 aliphatic heterocycles. The molecule has 24 heavy (non-hydrogen) atoms. The van der Waals surface area contributed by atoms with Crippen LogP contribution in [0.15, 0.2) is 23.1 Å². The Hall–Kier alpha value is -1.20. The summed E-state index contributed by atoms with van der Waals surface area (Å²) in [4.78, 5) is 13.0. The van der Waals surface area contributed by atoms with E-state index in [1.54, 1.807) is 18.9 Å². The average Bonchev–Trinajstić information content (AvgIpc) is 2.61. The number of hydrogen-bond donors (Lipinski definition) is 2. The second kappa shape index (κ2) is 13.1. The lowest BCUT2D eigenvalue weighted by molar-refractivity contribution is -0.121. The molecule has 3 N–H and O–H groups in total.